The Morgan fingerprint density at radius 3 is 3.11 bits per heavy atom. The van der Waals surface area contributed by atoms with E-state index in [2.05, 4.69) is 27.0 Å². The van der Waals surface area contributed by atoms with E-state index in [1.807, 2.05) is 12.4 Å². The molecule has 1 aliphatic heterocycles. The number of halogens is 1. The van der Waals surface area contributed by atoms with Gasteiger partial charge in [-0.05, 0) is 31.5 Å². The number of nitrogens with zero attached hydrogens (tertiary/aromatic N) is 2. The Kier molecular flexibility index (Phi) is 4.27. The zero-order valence-electron chi connectivity index (χ0n) is 10.0. The molecule has 1 aliphatic rings. The lowest BCUT2D eigenvalue weighted by Crippen LogP contribution is -2.22. The number of aromatic nitrogens is 2. The van der Waals surface area contributed by atoms with Crippen LogP contribution in [0.1, 0.15) is 29.5 Å². The first-order chi connectivity index (χ1) is 8.33. The number of nitrogens with two attached hydrogens (primary N) is 1. The van der Waals surface area contributed by atoms with Crippen molar-refractivity contribution in [3.8, 4) is 0 Å². The minimum atomic E-state index is 0. The molecule has 1 fully saturated rings. The molecule has 18 heavy (non-hydrogen) atoms. The zero-order valence-corrected chi connectivity index (χ0v) is 11.6. The predicted molar refractivity (Wildman–Crippen MR) is 77.0 cm³/mol. The molecule has 6 heteroatoms. The number of likely N-dealkylation sites (tertiary alicyclic amines) is 1. The maximum atomic E-state index is 5.66. The fourth-order valence-corrected chi connectivity index (χ4v) is 3.22. The molecule has 1 saturated heterocycles. The maximum Gasteiger partial charge on any atom is 0.180 e. The van der Waals surface area contributed by atoms with Gasteiger partial charge in [0, 0.05) is 29.5 Å². The van der Waals surface area contributed by atoms with Crippen molar-refractivity contribution in [1.82, 2.24) is 14.9 Å². The van der Waals surface area contributed by atoms with Crippen LogP contribution in [-0.2, 0) is 6.54 Å². The Bertz CT molecular complexity index is 482. The monoisotopic (exact) mass is 284 g/mol. The van der Waals surface area contributed by atoms with Crippen LogP contribution >= 0.6 is 23.7 Å². The number of anilines is 1. The summed E-state index contributed by atoms with van der Waals surface area (Å²) in [6.07, 6.45) is 6.38. The van der Waals surface area contributed by atoms with Gasteiger partial charge in [0.1, 0.15) is 0 Å². The van der Waals surface area contributed by atoms with Crippen LogP contribution in [0.2, 0.25) is 0 Å². The average Bonchev–Trinajstić information content (AvgIpc) is 3.00. The number of nitrogens with one attached hydrogen (secondary N) is 1. The molecule has 0 radical (unpaired) electrons. The predicted octanol–water partition coefficient (Wildman–Crippen LogP) is 2.81. The Morgan fingerprint density at radius 1 is 1.56 bits per heavy atom. The van der Waals surface area contributed by atoms with Gasteiger partial charge in [-0.15, -0.1) is 23.7 Å². The van der Waals surface area contributed by atoms with Crippen molar-refractivity contribution in [3.63, 3.8) is 0 Å². The van der Waals surface area contributed by atoms with Gasteiger partial charge in [-0.1, -0.05) is 0 Å². The first-order valence-electron chi connectivity index (χ1n) is 5.90. The first-order valence-corrected chi connectivity index (χ1v) is 6.72. The zero-order chi connectivity index (χ0) is 11.7. The lowest BCUT2D eigenvalue weighted by Gasteiger charge is -2.22. The maximum absolute atomic E-state index is 5.66. The van der Waals surface area contributed by atoms with Gasteiger partial charge in [0.15, 0.2) is 5.13 Å². The Hall–Kier alpha value is -1.04. The Morgan fingerprint density at radius 2 is 2.44 bits per heavy atom. The number of nitrogen functional groups attached to an aromatic ring is 1. The standard InChI is InChI=1S/C12H16N4S.ClH/c13-12-15-7-9(17-12)8-16-6-2-4-11(16)10-3-1-5-14-10;/h1,3,5,7,11,14H,2,4,6,8H2,(H2,13,15);1H. The quantitative estimate of drug-likeness (QED) is 0.911. The molecule has 2 aromatic rings. The van der Waals surface area contributed by atoms with Gasteiger partial charge in [0.25, 0.3) is 0 Å². The minimum absolute atomic E-state index is 0. The van der Waals surface area contributed by atoms with Crippen LogP contribution in [0.5, 0.6) is 0 Å². The molecule has 0 aromatic carbocycles. The summed E-state index contributed by atoms with van der Waals surface area (Å²) in [5.74, 6) is 0. The van der Waals surface area contributed by atoms with E-state index in [1.54, 1.807) is 11.3 Å². The van der Waals surface area contributed by atoms with Crippen LogP contribution in [0.25, 0.3) is 0 Å². The third-order valence-corrected chi connectivity index (χ3v) is 4.09. The molecule has 4 nitrogen and oxygen atoms in total. The second kappa shape index (κ2) is 5.73. The summed E-state index contributed by atoms with van der Waals surface area (Å²) < 4.78 is 0. The number of hydrogen-bond acceptors (Lipinski definition) is 4. The molecule has 3 N–H and O–H groups in total. The van der Waals surface area contributed by atoms with Crippen molar-refractivity contribution in [3.05, 3.63) is 35.1 Å². The molecule has 0 aliphatic carbocycles. The van der Waals surface area contributed by atoms with E-state index in [4.69, 9.17) is 5.73 Å². The first kappa shape index (κ1) is 13.4. The van der Waals surface area contributed by atoms with Crippen LogP contribution in [0.15, 0.2) is 24.5 Å². The van der Waals surface area contributed by atoms with Crippen LogP contribution in [-0.4, -0.2) is 21.4 Å². The highest BCUT2D eigenvalue weighted by atomic mass is 35.5. The fraction of sp³-hybridized carbons (Fsp3) is 0.417. The van der Waals surface area contributed by atoms with E-state index in [1.165, 1.54) is 23.4 Å². The van der Waals surface area contributed by atoms with Crippen LogP contribution in [0.4, 0.5) is 5.13 Å². The molecular formula is C12H17ClN4S. The van der Waals surface area contributed by atoms with Crippen molar-refractivity contribution in [1.29, 1.82) is 0 Å². The summed E-state index contributed by atoms with van der Waals surface area (Å²) in [4.78, 5) is 11.2. The summed E-state index contributed by atoms with van der Waals surface area (Å²) in [6.45, 7) is 2.11. The summed E-state index contributed by atoms with van der Waals surface area (Å²) in [7, 11) is 0. The van der Waals surface area contributed by atoms with Gasteiger partial charge < -0.3 is 10.7 Å². The van der Waals surface area contributed by atoms with Gasteiger partial charge in [0.05, 0.1) is 6.04 Å². The highest BCUT2D eigenvalue weighted by Crippen LogP contribution is 2.33. The van der Waals surface area contributed by atoms with Gasteiger partial charge >= 0.3 is 0 Å². The van der Waals surface area contributed by atoms with E-state index in [9.17, 15) is 0 Å². The van der Waals surface area contributed by atoms with Crippen molar-refractivity contribution in [2.45, 2.75) is 25.4 Å². The number of hydrogen-bond donors (Lipinski definition) is 2. The molecule has 1 unspecified atom stereocenters. The third-order valence-electron chi connectivity index (χ3n) is 3.28. The molecule has 3 heterocycles. The number of thiazole rings is 1. The molecule has 3 rings (SSSR count). The van der Waals surface area contributed by atoms with Crippen LogP contribution in [0.3, 0.4) is 0 Å². The van der Waals surface area contributed by atoms with Crippen molar-refractivity contribution < 1.29 is 0 Å². The van der Waals surface area contributed by atoms with Crippen LogP contribution in [0, 0.1) is 0 Å². The van der Waals surface area contributed by atoms with E-state index >= 15 is 0 Å². The largest absolute Gasteiger partial charge is 0.375 e. The van der Waals surface area contributed by atoms with Gasteiger partial charge in [0.2, 0.25) is 0 Å². The second-order valence-electron chi connectivity index (χ2n) is 4.42. The molecule has 0 bridgehead atoms. The SMILES string of the molecule is Cl.Nc1ncc(CN2CCCC2c2ccc[nH]2)s1. The molecule has 98 valence electrons. The third kappa shape index (κ3) is 2.68. The lowest BCUT2D eigenvalue weighted by atomic mass is 10.1. The molecule has 2 aromatic heterocycles. The van der Waals surface area contributed by atoms with Crippen molar-refractivity contribution in [2.24, 2.45) is 0 Å². The molecule has 1 atom stereocenters. The second-order valence-corrected chi connectivity index (χ2v) is 5.57. The average molecular weight is 285 g/mol. The lowest BCUT2D eigenvalue weighted by molar-refractivity contribution is 0.247. The number of rotatable bonds is 3. The molecular weight excluding hydrogens is 268 g/mol. The summed E-state index contributed by atoms with van der Waals surface area (Å²) in [6, 6.07) is 4.76. The van der Waals surface area contributed by atoms with E-state index in [-0.39, 0.29) is 12.4 Å². The van der Waals surface area contributed by atoms with Crippen LogP contribution < -0.4 is 5.73 Å². The molecule has 0 saturated carbocycles. The molecule has 0 spiro atoms. The van der Waals surface area contributed by atoms with Crippen molar-refractivity contribution >= 4 is 28.9 Å². The highest BCUT2D eigenvalue weighted by molar-refractivity contribution is 7.15. The van der Waals surface area contributed by atoms with Crippen molar-refractivity contribution in [2.75, 3.05) is 12.3 Å². The van der Waals surface area contributed by atoms with E-state index in [0.29, 0.717) is 11.2 Å². The van der Waals surface area contributed by atoms with Gasteiger partial charge in [-0.3, -0.25) is 4.90 Å². The molecule has 0 amide bonds. The summed E-state index contributed by atoms with van der Waals surface area (Å²) in [5.41, 5.74) is 6.98. The smallest absolute Gasteiger partial charge is 0.180 e. The highest BCUT2D eigenvalue weighted by Gasteiger charge is 2.26. The number of H-pyrrole nitrogens is 1. The fourth-order valence-electron chi connectivity index (χ4n) is 2.51. The summed E-state index contributed by atoms with van der Waals surface area (Å²) >= 11 is 1.59. The Balaban J connectivity index is 0.00000120. The minimum Gasteiger partial charge on any atom is -0.375 e. The Labute approximate surface area is 117 Å². The van der Waals surface area contributed by atoms with E-state index in [0.717, 1.165) is 13.1 Å². The van der Waals surface area contributed by atoms with E-state index < -0.39 is 0 Å². The normalized spacial score (nSPS) is 19.9. The topological polar surface area (TPSA) is 57.9 Å². The van der Waals surface area contributed by atoms with Gasteiger partial charge in [-0.25, -0.2) is 4.98 Å². The number of aromatic amines is 1. The summed E-state index contributed by atoms with van der Waals surface area (Å²) in [5, 5.41) is 0.663. The van der Waals surface area contributed by atoms with Gasteiger partial charge in [-0.2, -0.15) is 0 Å².